The molecule has 27 heavy (non-hydrogen) atoms. The van der Waals surface area contributed by atoms with E-state index in [0.29, 0.717) is 5.56 Å². The van der Waals surface area contributed by atoms with E-state index in [0.717, 1.165) is 54.6 Å². The molecule has 0 saturated carbocycles. The van der Waals surface area contributed by atoms with Gasteiger partial charge in [-0.15, -0.1) is 0 Å². The van der Waals surface area contributed by atoms with Crippen molar-refractivity contribution >= 4 is 23.6 Å². The number of carbonyl (C=O) groups is 1. The maximum absolute atomic E-state index is 11.6. The molecule has 0 atom stereocenters. The van der Waals surface area contributed by atoms with Gasteiger partial charge in [-0.2, -0.15) is 0 Å². The monoisotopic (exact) mass is 368 g/mol. The lowest BCUT2D eigenvalue weighted by Gasteiger charge is -2.29. The Bertz CT molecular complexity index is 842. The zero-order valence-electron chi connectivity index (χ0n) is 15.9. The van der Waals surface area contributed by atoms with Crippen LogP contribution in [-0.2, 0) is 9.47 Å². The molecular weight excluding hydrogens is 344 g/mol. The minimum absolute atomic E-state index is 0.353. The van der Waals surface area contributed by atoms with Gasteiger partial charge in [0.1, 0.15) is 5.75 Å². The molecular formula is C21H24N2O4. The topological polar surface area (TPSA) is 60.4 Å². The molecule has 2 aromatic rings. The number of hydrogen-bond acceptors (Lipinski definition) is 6. The fourth-order valence-electron chi connectivity index (χ4n) is 3.01. The third-order valence-electron chi connectivity index (χ3n) is 4.55. The Hall–Kier alpha value is -2.86. The highest BCUT2D eigenvalue weighted by atomic mass is 16.5. The van der Waals surface area contributed by atoms with Gasteiger partial charge in [0.15, 0.2) is 0 Å². The average molecular weight is 368 g/mol. The second-order valence-electron chi connectivity index (χ2n) is 6.28. The van der Waals surface area contributed by atoms with Crippen LogP contribution in [-0.4, -0.2) is 52.7 Å². The van der Waals surface area contributed by atoms with Crippen LogP contribution in [0.1, 0.15) is 21.5 Å². The Morgan fingerprint density at radius 2 is 1.93 bits per heavy atom. The number of aliphatic imine (C=N–C) groups is 1. The maximum Gasteiger partial charge on any atom is 0.337 e. The van der Waals surface area contributed by atoms with E-state index in [4.69, 9.17) is 14.2 Å². The molecule has 2 aromatic carbocycles. The number of ether oxygens (including phenoxy) is 3. The van der Waals surface area contributed by atoms with Crippen LogP contribution >= 0.6 is 0 Å². The molecule has 0 radical (unpaired) electrons. The number of nitrogens with zero attached hydrogens (tertiary/aromatic N) is 2. The summed E-state index contributed by atoms with van der Waals surface area (Å²) in [4.78, 5) is 18.5. The van der Waals surface area contributed by atoms with E-state index in [2.05, 4.69) is 16.0 Å². The normalized spacial score (nSPS) is 14.4. The minimum Gasteiger partial charge on any atom is -0.496 e. The molecule has 142 valence electrons. The van der Waals surface area contributed by atoms with Crippen LogP contribution in [0, 0.1) is 6.92 Å². The summed E-state index contributed by atoms with van der Waals surface area (Å²) < 4.78 is 15.7. The van der Waals surface area contributed by atoms with Gasteiger partial charge in [-0.3, -0.25) is 4.99 Å². The van der Waals surface area contributed by atoms with Crippen molar-refractivity contribution in [2.75, 3.05) is 45.4 Å². The second-order valence-corrected chi connectivity index (χ2v) is 6.28. The molecule has 1 fully saturated rings. The van der Waals surface area contributed by atoms with Crippen LogP contribution in [0.5, 0.6) is 5.75 Å². The first-order valence-electron chi connectivity index (χ1n) is 8.86. The Balaban J connectivity index is 1.81. The summed E-state index contributed by atoms with van der Waals surface area (Å²) in [5.74, 6) is 0.417. The molecule has 1 aliphatic rings. The fraction of sp³-hybridized carbons (Fsp3) is 0.333. The van der Waals surface area contributed by atoms with Crippen molar-refractivity contribution in [2.24, 2.45) is 4.99 Å². The SMILES string of the molecule is COC(=O)c1ccc(N=Cc2ccc(N3CCOCC3)cc2OC)c(C)c1. The van der Waals surface area contributed by atoms with E-state index < -0.39 is 0 Å². The molecule has 0 amide bonds. The summed E-state index contributed by atoms with van der Waals surface area (Å²) in [7, 11) is 3.03. The molecule has 3 rings (SSSR count). The molecule has 0 spiro atoms. The maximum atomic E-state index is 11.6. The van der Waals surface area contributed by atoms with Gasteiger partial charge in [0.25, 0.3) is 0 Å². The summed E-state index contributed by atoms with van der Waals surface area (Å²) in [5, 5.41) is 0. The molecule has 0 N–H and O–H groups in total. The third kappa shape index (κ3) is 4.46. The Kier molecular flexibility index (Phi) is 6.08. The first-order chi connectivity index (χ1) is 13.1. The van der Waals surface area contributed by atoms with Crippen molar-refractivity contribution in [3.05, 3.63) is 53.1 Å². The summed E-state index contributed by atoms with van der Waals surface area (Å²) >= 11 is 0. The summed E-state index contributed by atoms with van der Waals surface area (Å²) in [6, 6.07) is 11.4. The van der Waals surface area contributed by atoms with E-state index in [1.165, 1.54) is 7.11 Å². The van der Waals surface area contributed by atoms with E-state index in [1.807, 2.05) is 25.1 Å². The van der Waals surface area contributed by atoms with E-state index in [1.54, 1.807) is 25.5 Å². The average Bonchev–Trinajstić information content (AvgIpc) is 2.72. The largest absolute Gasteiger partial charge is 0.496 e. The predicted octanol–water partition coefficient (Wildman–Crippen LogP) is 3.38. The van der Waals surface area contributed by atoms with Gasteiger partial charge in [0.2, 0.25) is 0 Å². The summed E-state index contributed by atoms with van der Waals surface area (Å²) in [6.45, 7) is 5.15. The number of anilines is 1. The number of morpholine rings is 1. The molecule has 0 bridgehead atoms. The summed E-state index contributed by atoms with van der Waals surface area (Å²) in [5.41, 5.74) is 4.22. The van der Waals surface area contributed by atoms with Gasteiger partial charge in [-0.05, 0) is 42.8 Å². The van der Waals surface area contributed by atoms with Gasteiger partial charge in [-0.25, -0.2) is 4.79 Å². The number of benzene rings is 2. The van der Waals surface area contributed by atoms with E-state index in [-0.39, 0.29) is 5.97 Å². The van der Waals surface area contributed by atoms with Gasteiger partial charge in [0, 0.05) is 36.6 Å². The smallest absolute Gasteiger partial charge is 0.337 e. The highest BCUT2D eigenvalue weighted by molar-refractivity contribution is 5.91. The number of carbonyl (C=O) groups excluding carboxylic acids is 1. The molecule has 6 heteroatoms. The Labute approximate surface area is 159 Å². The van der Waals surface area contributed by atoms with Crippen LogP contribution in [0.4, 0.5) is 11.4 Å². The first-order valence-corrected chi connectivity index (χ1v) is 8.86. The minimum atomic E-state index is -0.353. The molecule has 0 unspecified atom stereocenters. The molecule has 0 aliphatic carbocycles. The van der Waals surface area contributed by atoms with Crippen molar-refractivity contribution in [2.45, 2.75) is 6.92 Å². The second kappa shape index (κ2) is 8.68. The lowest BCUT2D eigenvalue weighted by Crippen LogP contribution is -2.36. The first kappa shape index (κ1) is 18.9. The number of hydrogen-bond donors (Lipinski definition) is 0. The number of rotatable bonds is 5. The lowest BCUT2D eigenvalue weighted by atomic mass is 10.1. The third-order valence-corrected chi connectivity index (χ3v) is 4.55. The highest BCUT2D eigenvalue weighted by Gasteiger charge is 2.13. The van der Waals surface area contributed by atoms with Crippen LogP contribution in [0.15, 0.2) is 41.4 Å². The quantitative estimate of drug-likeness (QED) is 0.598. The van der Waals surface area contributed by atoms with E-state index >= 15 is 0 Å². The van der Waals surface area contributed by atoms with Gasteiger partial charge in [-0.1, -0.05) is 0 Å². The predicted molar refractivity (Wildman–Crippen MR) is 106 cm³/mol. The zero-order valence-corrected chi connectivity index (χ0v) is 15.9. The van der Waals surface area contributed by atoms with Crippen molar-refractivity contribution in [3.63, 3.8) is 0 Å². The molecule has 1 heterocycles. The number of methoxy groups -OCH3 is 2. The standard InChI is InChI=1S/C21H24N2O4/c1-15-12-16(21(24)26-3)5-7-19(15)22-14-17-4-6-18(13-20(17)25-2)23-8-10-27-11-9-23/h4-7,12-14H,8-11H2,1-3H3. The number of aryl methyl sites for hydroxylation is 1. The molecule has 1 aliphatic heterocycles. The molecule has 1 saturated heterocycles. The van der Waals surface area contributed by atoms with Crippen molar-refractivity contribution < 1.29 is 19.0 Å². The van der Waals surface area contributed by atoms with Crippen LogP contribution in [0.25, 0.3) is 0 Å². The highest BCUT2D eigenvalue weighted by Crippen LogP contribution is 2.27. The van der Waals surface area contributed by atoms with Gasteiger partial charge in [0.05, 0.1) is 38.7 Å². The van der Waals surface area contributed by atoms with Crippen LogP contribution in [0.2, 0.25) is 0 Å². The van der Waals surface area contributed by atoms with E-state index in [9.17, 15) is 4.79 Å². The Morgan fingerprint density at radius 1 is 1.15 bits per heavy atom. The molecule has 6 nitrogen and oxygen atoms in total. The number of esters is 1. The van der Waals surface area contributed by atoms with Crippen molar-refractivity contribution in [1.82, 2.24) is 0 Å². The van der Waals surface area contributed by atoms with Crippen molar-refractivity contribution in [1.29, 1.82) is 0 Å². The zero-order chi connectivity index (χ0) is 19.2. The van der Waals surface area contributed by atoms with Crippen LogP contribution < -0.4 is 9.64 Å². The van der Waals surface area contributed by atoms with Crippen LogP contribution in [0.3, 0.4) is 0 Å². The Morgan fingerprint density at radius 3 is 2.59 bits per heavy atom. The van der Waals surface area contributed by atoms with Gasteiger partial charge >= 0.3 is 5.97 Å². The molecule has 0 aromatic heterocycles. The fourth-order valence-corrected chi connectivity index (χ4v) is 3.01. The lowest BCUT2D eigenvalue weighted by molar-refractivity contribution is 0.0600. The van der Waals surface area contributed by atoms with Crippen molar-refractivity contribution in [3.8, 4) is 5.75 Å². The summed E-state index contributed by atoms with van der Waals surface area (Å²) in [6.07, 6.45) is 1.78. The van der Waals surface area contributed by atoms with Gasteiger partial charge < -0.3 is 19.1 Å².